The summed E-state index contributed by atoms with van der Waals surface area (Å²) in [7, 11) is 0. The molecule has 1 aromatic rings. The van der Waals surface area contributed by atoms with Crippen molar-refractivity contribution >= 4 is 5.69 Å². The van der Waals surface area contributed by atoms with Gasteiger partial charge in [0.25, 0.3) is 0 Å². The Morgan fingerprint density at radius 1 is 1.23 bits per heavy atom. The van der Waals surface area contributed by atoms with Crippen LogP contribution in [0, 0.1) is 0 Å². The number of para-hydroxylation sites is 1. The monoisotopic (exact) mass is 173 g/mol. The first-order chi connectivity index (χ1) is 6.36. The van der Waals surface area contributed by atoms with Crippen molar-refractivity contribution in [2.45, 2.75) is 32.2 Å². The zero-order valence-electron chi connectivity index (χ0n) is 8.09. The Morgan fingerprint density at radius 3 is 2.85 bits per heavy atom. The largest absolute Gasteiger partial charge is 0.368 e. The van der Waals surface area contributed by atoms with Gasteiger partial charge in [-0.3, -0.25) is 0 Å². The van der Waals surface area contributed by atoms with Crippen LogP contribution in [-0.2, 0) is 12.8 Å². The Hall–Kier alpha value is -0.980. The van der Waals surface area contributed by atoms with Crippen molar-refractivity contribution in [2.24, 2.45) is 0 Å². The van der Waals surface area contributed by atoms with Crippen LogP contribution in [0.25, 0.3) is 0 Å². The van der Waals surface area contributed by atoms with Crippen molar-refractivity contribution < 1.29 is 0 Å². The van der Waals surface area contributed by atoms with E-state index < -0.39 is 0 Å². The van der Waals surface area contributed by atoms with Gasteiger partial charge in [0, 0.05) is 18.3 Å². The molecular formula is C12H15N. The van der Waals surface area contributed by atoms with Gasteiger partial charge in [-0.15, -0.1) is 0 Å². The van der Waals surface area contributed by atoms with Gasteiger partial charge < -0.3 is 4.90 Å². The van der Waals surface area contributed by atoms with Crippen molar-refractivity contribution in [1.29, 1.82) is 0 Å². The summed E-state index contributed by atoms with van der Waals surface area (Å²) >= 11 is 0. The van der Waals surface area contributed by atoms with E-state index in [1.807, 2.05) is 0 Å². The molecule has 0 spiro atoms. The molecule has 0 radical (unpaired) electrons. The first-order valence-corrected chi connectivity index (χ1v) is 5.23. The molecule has 0 aromatic heterocycles. The van der Waals surface area contributed by atoms with E-state index in [4.69, 9.17) is 0 Å². The standard InChI is InChI=1S/C12H15N/c1-9-5-6-10-3-2-4-11-7-8-13(9)12(10)11/h2-4,9H,5-8H2,1H3. The highest BCUT2D eigenvalue weighted by molar-refractivity contribution is 5.65. The Balaban J connectivity index is 2.19. The highest BCUT2D eigenvalue weighted by Crippen LogP contribution is 2.38. The van der Waals surface area contributed by atoms with Crippen LogP contribution in [0.4, 0.5) is 5.69 Å². The van der Waals surface area contributed by atoms with Gasteiger partial charge in [-0.2, -0.15) is 0 Å². The minimum atomic E-state index is 0.760. The summed E-state index contributed by atoms with van der Waals surface area (Å²) in [5.74, 6) is 0. The highest BCUT2D eigenvalue weighted by Gasteiger charge is 2.28. The summed E-state index contributed by atoms with van der Waals surface area (Å²) in [6, 6.07) is 7.56. The number of hydrogen-bond donors (Lipinski definition) is 0. The van der Waals surface area contributed by atoms with E-state index in [0.29, 0.717) is 0 Å². The molecule has 0 fully saturated rings. The maximum absolute atomic E-state index is 2.59. The van der Waals surface area contributed by atoms with E-state index in [9.17, 15) is 0 Å². The second kappa shape index (κ2) is 2.50. The third kappa shape index (κ3) is 0.932. The molecule has 1 atom stereocenters. The number of anilines is 1. The average Bonchev–Trinajstić information content (AvgIpc) is 2.57. The summed E-state index contributed by atoms with van der Waals surface area (Å²) in [6.45, 7) is 3.60. The Kier molecular flexibility index (Phi) is 1.43. The lowest BCUT2D eigenvalue weighted by Crippen LogP contribution is -2.35. The van der Waals surface area contributed by atoms with E-state index in [-0.39, 0.29) is 0 Å². The minimum absolute atomic E-state index is 0.760. The topological polar surface area (TPSA) is 3.24 Å². The SMILES string of the molecule is CC1CCc2cccc3c2N1CC3. The second-order valence-electron chi connectivity index (χ2n) is 4.26. The van der Waals surface area contributed by atoms with Gasteiger partial charge in [0.2, 0.25) is 0 Å². The van der Waals surface area contributed by atoms with Gasteiger partial charge in [-0.25, -0.2) is 0 Å². The normalized spacial score (nSPS) is 24.7. The quantitative estimate of drug-likeness (QED) is 0.582. The Bertz CT molecular complexity index is 343. The molecule has 0 amide bonds. The summed E-state index contributed by atoms with van der Waals surface area (Å²) in [5.41, 5.74) is 4.72. The lowest BCUT2D eigenvalue weighted by molar-refractivity contribution is 0.580. The second-order valence-corrected chi connectivity index (χ2v) is 4.26. The molecule has 1 heteroatoms. The fourth-order valence-corrected chi connectivity index (χ4v) is 2.73. The number of nitrogens with zero attached hydrogens (tertiary/aromatic N) is 1. The summed E-state index contributed by atoms with van der Waals surface area (Å²) in [6.07, 6.45) is 3.87. The van der Waals surface area contributed by atoms with Crippen LogP contribution >= 0.6 is 0 Å². The molecule has 13 heavy (non-hydrogen) atoms. The third-order valence-electron chi connectivity index (χ3n) is 3.48. The predicted molar refractivity (Wildman–Crippen MR) is 55.3 cm³/mol. The van der Waals surface area contributed by atoms with Gasteiger partial charge in [0.05, 0.1) is 0 Å². The number of aryl methyl sites for hydroxylation is 1. The van der Waals surface area contributed by atoms with E-state index in [2.05, 4.69) is 30.0 Å². The van der Waals surface area contributed by atoms with Gasteiger partial charge in [0.1, 0.15) is 0 Å². The Labute approximate surface area is 79.4 Å². The molecule has 0 bridgehead atoms. The van der Waals surface area contributed by atoms with Crippen LogP contribution < -0.4 is 4.90 Å². The van der Waals surface area contributed by atoms with Crippen molar-refractivity contribution in [1.82, 2.24) is 0 Å². The number of hydrogen-bond acceptors (Lipinski definition) is 1. The molecule has 2 aliphatic rings. The molecular weight excluding hydrogens is 158 g/mol. The average molecular weight is 173 g/mol. The maximum Gasteiger partial charge on any atom is 0.0434 e. The molecule has 0 aliphatic carbocycles. The molecule has 1 aromatic carbocycles. The molecule has 0 N–H and O–H groups in total. The fraction of sp³-hybridized carbons (Fsp3) is 0.500. The van der Waals surface area contributed by atoms with Crippen LogP contribution in [-0.4, -0.2) is 12.6 Å². The minimum Gasteiger partial charge on any atom is -0.368 e. The van der Waals surface area contributed by atoms with E-state index >= 15 is 0 Å². The van der Waals surface area contributed by atoms with E-state index in [1.54, 1.807) is 16.8 Å². The van der Waals surface area contributed by atoms with Crippen molar-refractivity contribution in [3.63, 3.8) is 0 Å². The van der Waals surface area contributed by atoms with Crippen molar-refractivity contribution in [3.8, 4) is 0 Å². The summed E-state index contributed by atoms with van der Waals surface area (Å²) in [5, 5.41) is 0. The third-order valence-corrected chi connectivity index (χ3v) is 3.48. The molecule has 0 saturated heterocycles. The first-order valence-electron chi connectivity index (χ1n) is 5.23. The summed E-state index contributed by atoms with van der Waals surface area (Å²) in [4.78, 5) is 2.59. The van der Waals surface area contributed by atoms with Crippen LogP contribution in [0.5, 0.6) is 0 Å². The molecule has 0 saturated carbocycles. The first kappa shape index (κ1) is 7.43. The predicted octanol–water partition coefficient (Wildman–Crippen LogP) is 2.38. The fourth-order valence-electron chi connectivity index (χ4n) is 2.73. The van der Waals surface area contributed by atoms with Crippen molar-refractivity contribution in [3.05, 3.63) is 29.3 Å². The van der Waals surface area contributed by atoms with Crippen LogP contribution in [0.1, 0.15) is 24.5 Å². The van der Waals surface area contributed by atoms with Crippen LogP contribution in [0.3, 0.4) is 0 Å². The molecule has 2 aliphatic heterocycles. The molecule has 1 unspecified atom stereocenters. The number of benzene rings is 1. The van der Waals surface area contributed by atoms with Gasteiger partial charge >= 0.3 is 0 Å². The maximum atomic E-state index is 2.59. The molecule has 68 valence electrons. The van der Waals surface area contributed by atoms with Crippen LogP contribution in [0.2, 0.25) is 0 Å². The highest BCUT2D eigenvalue weighted by atomic mass is 15.2. The van der Waals surface area contributed by atoms with E-state index in [1.165, 1.54) is 25.8 Å². The van der Waals surface area contributed by atoms with Gasteiger partial charge in [-0.1, -0.05) is 18.2 Å². The smallest absolute Gasteiger partial charge is 0.0434 e. The Morgan fingerprint density at radius 2 is 2.00 bits per heavy atom. The van der Waals surface area contributed by atoms with Crippen LogP contribution in [0.15, 0.2) is 18.2 Å². The van der Waals surface area contributed by atoms with Gasteiger partial charge in [-0.05, 0) is 37.3 Å². The lowest BCUT2D eigenvalue weighted by atomic mass is 9.96. The molecule has 3 rings (SSSR count). The molecule has 2 heterocycles. The van der Waals surface area contributed by atoms with Gasteiger partial charge in [0.15, 0.2) is 0 Å². The van der Waals surface area contributed by atoms with Crippen molar-refractivity contribution in [2.75, 3.05) is 11.4 Å². The summed E-state index contributed by atoms with van der Waals surface area (Å²) < 4.78 is 0. The lowest BCUT2D eigenvalue weighted by Gasteiger charge is -2.33. The zero-order valence-corrected chi connectivity index (χ0v) is 8.09. The zero-order chi connectivity index (χ0) is 8.84. The van der Waals surface area contributed by atoms with E-state index in [0.717, 1.165) is 6.04 Å². The number of rotatable bonds is 0. The molecule has 1 nitrogen and oxygen atoms in total.